The maximum Gasteiger partial charge on any atom is 0.131 e. The van der Waals surface area contributed by atoms with Crippen LogP contribution in [-0.4, -0.2) is 7.11 Å². The van der Waals surface area contributed by atoms with E-state index in [-0.39, 0.29) is 10.6 Å². The molecule has 0 aliphatic rings. The van der Waals surface area contributed by atoms with Crippen molar-refractivity contribution in [1.82, 2.24) is 0 Å². The van der Waals surface area contributed by atoms with E-state index in [1.54, 1.807) is 12.1 Å². The van der Waals surface area contributed by atoms with Crippen LogP contribution < -0.4 is 4.74 Å². The smallest absolute Gasteiger partial charge is 0.131 e. The van der Waals surface area contributed by atoms with Crippen LogP contribution in [0.4, 0.5) is 4.39 Å². The number of benzene rings is 2. The second-order valence-corrected chi connectivity index (χ2v) is 6.93. The second kappa shape index (κ2) is 6.54. The minimum absolute atomic E-state index is 0.206. The van der Waals surface area contributed by atoms with Crippen LogP contribution >= 0.6 is 54.5 Å². The first kappa shape index (κ1) is 15.3. The highest BCUT2D eigenvalue weighted by atomic mass is 127. The van der Waals surface area contributed by atoms with Gasteiger partial charge in [0.05, 0.1) is 11.9 Å². The molecule has 0 bridgehead atoms. The predicted molar refractivity (Wildman–Crippen MR) is 90.6 cm³/mol. The summed E-state index contributed by atoms with van der Waals surface area (Å²) in [6, 6.07) is 10.9. The Kier molecular flexibility index (Phi) is 5.25. The summed E-state index contributed by atoms with van der Waals surface area (Å²) in [5.41, 5.74) is 1.58. The van der Waals surface area contributed by atoms with Crippen LogP contribution in [0.3, 0.4) is 0 Å². The highest BCUT2D eigenvalue weighted by Gasteiger charge is 2.18. The summed E-state index contributed by atoms with van der Waals surface area (Å²) in [6.07, 6.45) is 0. The third-order valence-electron chi connectivity index (χ3n) is 2.71. The number of alkyl halides is 1. The van der Waals surface area contributed by atoms with Crippen LogP contribution in [0.5, 0.6) is 5.75 Å². The van der Waals surface area contributed by atoms with Crippen LogP contribution in [0.1, 0.15) is 16.0 Å². The van der Waals surface area contributed by atoms with Gasteiger partial charge in [0, 0.05) is 19.7 Å². The largest absolute Gasteiger partial charge is 0.497 e. The zero-order valence-electron chi connectivity index (χ0n) is 9.96. The number of ether oxygens (including phenoxy) is 1. The topological polar surface area (TPSA) is 9.23 Å². The molecule has 100 valence electrons. The van der Waals surface area contributed by atoms with Gasteiger partial charge in [-0.05, 0) is 52.4 Å². The van der Waals surface area contributed by atoms with Gasteiger partial charge in [0.15, 0.2) is 0 Å². The van der Waals surface area contributed by atoms with Crippen LogP contribution in [0, 0.1) is 9.39 Å². The van der Waals surface area contributed by atoms with E-state index in [0.717, 1.165) is 13.6 Å². The molecule has 2 aromatic rings. The lowest BCUT2D eigenvalue weighted by molar-refractivity contribution is 0.411. The van der Waals surface area contributed by atoms with Gasteiger partial charge in [0.2, 0.25) is 0 Å². The van der Waals surface area contributed by atoms with E-state index in [0.29, 0.717) is 11.3 Å². The maximum absolute atomic E-state index is 14.1. The van der Waals surface area contributed by atoms with Crippen LogP contribution in [-0.2, 0) is 0 Å². The standard InChI is InChI=1S/C14H10Br2FIO/c1-19-9-3-4-10(13(17)7-9)14(16)11-6-8(18)2-5-12(11)15/h2-7,14H,1H3. The summed E-state index contributed by atoms with van der Waals surface area (Å²) in [4.78, 5) is -0.206. The highest BCUT2D eigenvalue weighted by Crippen LogP contribution is 2.38. The molecule has 0 N–H and O–H groups in total. The van der Waals surface area contributed by atoms with Crippen LogP contribution in [0.2, 0.25) is 0 Å². The molecule has 19 heavy (non-hydrogen) atoms. The van der Waals surface area contributed by atoms with Gasteiger partial charge >= 0.3 is 0 Å². The lowest BCUT2D eigenvalue weighted by Crippen LogP contribution is -1.99. The molecule has 0 fully saturated rings. The molecule has 0 heterocycles. The number of hydrogen-bond donors (Lipinski definition) is 0. The Balaban J connectivity index is 2.43. The van der Waals surface area contributed by atoms with Crippen molar-refractivity contribution >= 4 is 54.5 Å². The third kappa shape index (κ3) is 3.49. The van der Waals surface area contributed by atoms with Gasteiger partial charge in [-0.2, -0.15) is 0 Å². The zero-order chi connectivity index (χ0) is 14.0. The minimum atomic E-state index is -0.285. The van der Waals surface area contributed by atoms with Crippen molar-refractivity contribution in [2.24, 2.45) is 0 Å². The van der Waals surface area contributed by atoms with E-state index < -0.39 is 0 Å². The molecule has 1 unspecified atom stereocenters. The molecule has 0 spiro atoms. The SMILES string of the molecule is COc1ccc(C(Br)c2cc(I)ccc2Br)c(F)c1. The normalized spacial score (nSPS) is 12.3. The van der Waals surface area contributed by atoms with Gasteiger partial charge in [-0.15, -0.1) is 0 Å². The van der Waals surface area contributed by atoms with E-state index in [2.05, 4.69) is 54.5 Å². The number of halogens is 4. The Morgan fingerprint density at radius 3 is 2.53 bits per heavy atom. The van der Waals surface area contributed by atoms with Crippen molar-refractivity contribution in [1.29, 1.82) is 0 Å². The summed E-state index contributed by atoms with van der Waals surface area (Å²) >= 11 is 9.30. The fourth-order valence-electron chi connectivity index (χ4n) is 1.72. The lowest BCUT2D eigenvalue weighted by atomic mass is 10.0. The third-order valence-corrected chi connectivity index (χ3v) is 5.09. The Labute approximate surface area is 141 Å². The number of methoxy groups -OCH3 is 1. The molecule has 0 radical (unpaired) electrons. The molecule has 1 nitrogen and oxygen atoms in total. The molecule has 0 saturated heterocycles. The predicted octanol–water partition coefficient (Wildman–Crippen LogP) is 5.69. The van der Waals surface area contributed by atoms with Crippen molar-refractivity contribution in [2.45, 2.75) is 4.83 Å². The summed E-state index contributed by atoms with van der Waals surface area (Å²) in [5.74, 6) is 0.231. The van der Waals surface area contributed by atoms with Crippen molar-refractivity contribution in [3.8, 4) is 5.75 Å². The second-order valence-electron chi connectivity index (χ2n) is 3.92. The Bertz CT molecular complexity index is 604. The molecule has 1 atom stereocenters. The van der Waals surface area contributed by atoms with E-state index in [1.807, 2.05) is 18.2 Å². The van der Waals surface area contributed by atoms with Crippen LogP contribution in [0.25, 0.3) is 0 Å². The molecular formula is C14H10Br2FIO. The molecular weight excluding hydrogens is 490 g/mol. The summed E-state index contributed by atoms with van der Waals surface area (Å²) in [7, 11) is 1.52. The molecule has 0 saturated carbocycles. The quantitative estimate of drug-likeness (QED) is 0.390. The van der Waals surface area contributed by atoms with Crippen molar-refractivity contribution < 1.29 is 9.13 Å². The number of hydrogen-bond acceptors (Lipinski definition) is 1. The fourth-order valence-corrected chi connectivity index (χ4v) is 3.76. The average molecular weight is 500 g/mol. The highest BCUT2D eigenvalue weighted by molar-refractivity contribution is 14.1. The van der Waals surface area contributed by atoms with E-state index in [4.69, 9.17) is 4.74 Å². The van der Waals surface area contributed by atoms with Gasteiger partial charge in [-0.1, -0.05) is 37.9 Å². The van der Waals surface area contributed by atoms with Gasteiger partial charge in [0.1, 0.15) is 11.6 Å². The van der Waals surface area contributed by atoms with Crippen LogP contribution in [0.15, 0.2) is 40.9 Å². The summed E-state index contributed by atoms with van der Waals surface area (Å²) < 4.78 is 21.1. The monoisotopic (exact) mass is 498 g/mol. The molecule has 0 aliphatic heterocycles. The van der Waals surface area contributed by atoms with Crippen molar-refractivity contribution in [3.63, 3.8) is 0 Å². The van der Waals surface area contributed by atoms with E-state index in [1.165, 1.54) is 13.2 Å². The molecule has 2 rings (SSSR count). The lowest BCUT2D eigenvalue weighted by Gasteiger charge is -2.14. The summed E-state index contributed by atoms with van der Waals surface area (Å²) in [6.45, 7) is 0. The van der Waals surface area contributed by atoms with Crippen molar-refractivity contribution in [2.75, 3.05) is 7.11 Å². The first-order chi connectivity index (χ1) is 9.02. The summed E-state index contributed by atoms with van der Waals surface area (Å²) in [5, 5.41) is 0. The Morgan fingerprint density at radius 1 is 1.16 bits per heavy atom. The van der Waals surface area contributed by atoms with Gasteiger partial charge < -0.3 is 4.74 Å². The Morgan fingerprint density at radius 2 is 1.89 bits per heavy atom. The maximum atomic E-state index is 14.1. The average Bonchev–Trinajstić information content (AvgIpc) is 2.40. The van der Waals surface area contributed by atoms with Gasteiger partial charge in [-0.25, -0.2) is 4.39 Å². The fraction of sp³-hybridized carbons (Fsp3) is 0.143. The zero-order valence-corrected chi connectivity index (χ0v) is 15.3. The molecule has 0 aliphatic carbocycles. The van der Waals surface area contributed by atoms with E-state index in [9.17, 15) is 4.39 Å². The first-order valence-electron chi connectivity index (χ1n) is 5.45. The van der Waals surface area contributed by atoms with Gasteiger partial charge in [-0.3, -0.25) is 0 Å². The first-order valence-corrected chi connectivity index (χ1v) is 8.24. The van der Waals surface area contributed by atoms with E-state index >= 15 is 0 Å². The minimum Gasteiger partial charge on any atom is -0.497 e. The molecule has 2 aromatic carbocycles. The van der Waals surface area contributed by atoms with Gasteiger partial charge in [0.25, 0.3) is 0 Å². The Hall–Kier alpha value is -0.140. The van der Waals surface area contributed by atoms with Crippen molar-refractivity contribution in [3.05, 3.63) is 61.4 Å². The number of rotatable bonds is 3. The molecule has 0 amide bonds. The molecule has 0 aromatic heterocycles. The molecule has 5 heteroatoms.